The predicted molar refractivity (Wildman–Crippen MR) is 41.5 cm³/mol. The first-order valence-corrected chi connectivity index (χ1v) is 3.95. The lowest BCUT2D eigenvalue weighted by molar-refractivity contribution is -0.137. The number of hydrogen-bond acceptors (Lipinski definition) is 3. The highest BCUT2D eigenvalue weighted by atomic mass is 16.4. The minimum atomic E-state index is -0.711. The molecule has 0 saturated carbocycles. The van der Waals surface area contributed by atoms with Crippen LogP contribution in [-0.4, -0.2) is 36.8 Å². The fourth-order valence-corrected chi connectivity index (χ4v) is 1.21. The van der Waals surface area contributed by atoms with E-state index in [1.54, 1.807) is 0 Å². The first-order valence-electron chi connectivity index (χ1n) is 3.95. The van der Waals surface area contributed by atoms with Crippen molar-refractivity contribution in [3.8, 4) is 0 Å². The van der Waals surface area contributed by atoms with Crippen LogP contribution in [-0.2, 0) is 4.79 Å². The normalized spacial score (nSPS) is 24.9. The van der Waals surface area contributed by atoms with Gasteiger partial charge in [-0.05, 0) is 6.42 Å². The minimum absolute atomic E-state index is 0.263. The number of piperazine rings is 1. The first-order chi connectivity index (χ1) is 5.29. The summed E-state index contributed by atoms with van der Waals surface area (Å²) in [6.07, 6.45) is 0.988. The SMILES string of the molecule is O=C(O)CC[C@@H]1CNCCN1. The summed E-state index contributed by atoms with van der Waals surface area (Å²) in [6, 6.07) is 0.347. The second-order valence-corrected chi connectivity index (χ2v) is 2.79. The van der Waals surface area contributed by atoms with Gasteiger partial charge in [0.15, 0.2) is 0 Å². The molecule has 3 N–H and O–H groups in total. The van der Waals surface area contributed by atoms with Crippen LogP contribution in [0.25, 0.3) is 0 Å². The van der Waals surface area contributed by atoms with E-state index in [4.69, 9.17) is 5.11 Å². The van der Waals surface area contributed by atoms with Crippen LogP contribution in [0.1, 0.15) is 12.8 Å². The third kappa shape index (κ3) is 3.34. The zero-order chi connectivity index (χ0) is 8.10. The Kier molecular flexibility index (Phi) is 3.32. The highest BCUT2D eigenvalue weighted by Gasteiger charge is 2.12. The average Bonchev–Trinajstić information content (AvgIpc) is 2.03. The van der Waals surface area contributed by atoms with Gasteiger partial charge in [-0.3, -0.25) is 4.79 Å². The van der Waals surface area contributed by atoms with E-state index < -0.39 is 5.97 Å². The largest absolute Gasteiger partial charge is 0.481 e. The highest BCUT2D eigenvalue weighted by molar-refractivity contribution is 5.66. The van der Waals surface area contributed by atoms with Crippen molar-refractivity contribution in [3.63, 3.8) is 0 Å². The Morgan fingerprint density at radius 3 is 2.91 bits per heavy atom. The van der Waals surface area contributed by atoms with Gasteiger partial charge in [0.25, 0.3) is 0 Å². The van der Waals surface area contributed by atoms with Gasteiger partial charge in [-0.2, -0.15) is 0 Å². The summed E-state index contributed by atoms with van der Waals surface area (Å²) in [4.78, 5) is 10.2. The maximum absolute atomic E-state index is 10.2. The Balaban J connectivity index is 2.09. The van der Waals surface area contributed by atoms with E-state index in [2.05, 4.69) is 10.6 Å². The van der Waals surface area contributed by atoms with Crippen LogP contribution in [0.3, 0.4) is 0 Å². The van der Waals surface area contributed by atoms with Crippen molar-refractivity contribution in [3.05, 3.63) is 0 Å². The van der Waals surface area contributed by atoms with Crippen LogP contribution in [0, 0.1) is 0 Å². The van der Waals surface area contributed by atoms with Gasteiger partial charge in [-0.15, -0.1) is 0 Å². The molecule has 0 aromatic rings. The van der Waals surface area contributed by atoms with Gasteiger partial charge in [0.2, 0.25) is 0 Å². The molecule has 64 valence electrons. The number of carboxylic acid groups (broad SMARTS) is 1. The number of aliphatic carboxylic acids is 1. The summed E-state index contributed by atoms with van der Waals surface area (Å²) in [6.45, 7) is 2.83. The fourth-order valence-electron chi connectivity index (χ4n) is 1.21. The lowest BCUT2D eigenvalue weighted by Gasteiger charge is -2.23. The average molecular weight is 158 g/mol. The van der Waals surface area contributed by atoms with Gasteiger partial charge in [-0.1, -0.05) is 0 Å². The zero-order valence-electron chi connectivity index (χ0n) is 6.47. The number of carbonyl (C=O) groups is 1. The van der Waals surface area contributed by atoms with E-state index in [1.165, 1.54) is 0 Å². The molecular weight excluding hydrogens is 144 g/mol. The monoisotopic (exact) mass is 158 g/mol. The Hall–Kier alpha value is -0.610. The maximum atomic E-state index is 10.2. The van der Waals surface area contributed by atoms with Crippen LogP contribution < -0.4 is 10.6 Å². The quantitative estimate of drug-likeness (QED) is 0.514. The lowest BCUT2D eigenvalue weighted by atomic mass is 10.1. The standard InChI is InChI=1S/C7H14N2O2/c10-7(11)2-1-6-5-8-3-4-9-6/h6,8-9H,1-5H2,(H,10,11)/t6-/m1/s1. The molecule has 4 nitrogen and oxygen atoms in total. The molecule has 4 heteroatoms. The second kappa shape index (κ2) is 4.31. The van der Waals surface area contributed by atoms with Crippen molar-refractivity contribution in [2.75, 3.05) is 19.6 Å². The van der Waals surface area contributed by atoms with Gasteiger partial charge in [0.05, 0.1) is 0 Å². The summed E-state index contributed by atoms with van der Waals surface area (Å²) in [5, 5.41) is 14.8. The molecule has 0 bridgehead atoms. The molecule has 0 aromatic heterocycles. The number of carboxylic acids is 1. The van der Waals surface area contributed by atoms with Crippen molar-refractivity contribution in [1.29, 1.82) is 0 Å². The third-order valence-corrected chi connectivity index (χ3v) is 1.83. The summed E-state index contributed by atoms with van der Waals surface area (Å²) in [5.74, 6) is -0.711. The summed E-state index contributed by atoms with van der Waals surface area (Å²) < 4.78 is 0. The van der Waals surface area contributed by atoms with Crippen molar-refractivity contribution < 1.29 is 9.90 Å². The van der Waals surface area contributed by atoms with Crippen molar-refractivity contribution >= 4 is 5.97 Å². The molecule has 11 heavy (non-hydrogen) atoms. The second-order valence-electron chi connectivity index (χ2n) is 2.79. The van der Waals surface area contributed by atoms with Crippen LogP contribution in [0.2, 0.25) is 0 Å². The number of hydrogen-bond donors (Lipinski definition) is 3. The Morgan fingerprint density at radius 1 is 1.55 bits per heavy atom. The maximum Gasteiger partial charge on any atom is 0.303 e. The molecule has 1 rings (SSSR count). The topological polar surface area (TPSA) is 61.4 Å². The smallest absolute Gasteiger partial charge is 0.303 e. The molecule has 1 heterocycles. The first kappa shape index (κ1) is 8.49. The zero-order valence-corrected chi connectivity index (χ0v) is 6.47. The molecule has 1 atom stereocenters. The van der Waals surface area contributed by atoms with Crippen LogP contribution in [0.15, 0.2) is 0 Å². The van der Waals surface area contributed by atoms with Crippen molar-refractivity contribution in [1.82, 2.24) is 10.6 Å². The molecule has 1 aliphatic rings. The van der Waals surface area contributed by atoms with E-state index >= 15 is 0 Å². The number of nitrogens with one attached hydrogen (secondary N) is 2. The Labute approximate surface area is 66.0 Å². The molecule has 0 unspecified atom stereocenters. The van der Waals surface area contributed by atoms with Crippen LogP contribution in [0.4, 0.5) is 0 Å². The summed E-state index contributed by atoms with van der Waals surface area (Å²) in [5.41, 5.74) is 0. The Morgan fingerprint density at radius 2 is 2.36 bits per heavy atom. The molecule has 0 aromatic carbocycles. The van der Waals surface area contributed by atoms with Gasteiger partial charge < -0.3 is 15.7 Å². The number of rotatable bonds is 3. The molecule has 0 radical (unpaired) electrons. The van der Waals surface area contributed by atoms with Crippen molar-refractivity contribution in [2.45, 2.75) is 18.9 Å². The fraction of sp³-hybridized carbons (Fsp3) is 0.857. The molecular formula is C7H14N2O2. The molecule has 1 aliphatic heterocycles. The van der Waals surface area contributed by atoms with Gasteiger partial charge >= 0.3 is 5.97 Å². The van der Waals surface area contributed by atoms with Gasteiger partial charge in [0, 0.05) is 32.1 Å². The van der Waals surface area contributed by atoms with E-state index in [1.807, 2.05) is 0 Å². The summed E-state index contributed by atoms with van der Waals surface area (Å²) >= 11 is 0. The van der Waals surface area contributed by atoms with E-state index in [0.29, 0.717) is 6.04 Å². The molecule has 0 amide bonds. The van der Waals surface area contributed by atoms with Gasteiger partial charge in [0.1, 0.15) is 0 Å². The molecule has 1 fully saturated rings. The molecule has 0 spiro atoms. The van der Waals surface area contributed by atoms with E-state index in [9.17, 15) is 4.79 Å². The predicted octanol–water partition coefficient (Wildman–Crippen LogP) is -0.587. The highest BCUT2D eigenvalue weighted by Crippen LogP contribution is 1.97. The molecule has 1 saturated heterocycles. The van der Waals surface area contributed by atoms with Crippen LogP contribution >= 0.6 is 0 Å². The Bertz CT molecular complexity index is 132. The lowest BCUT2D eigenvalue weighted by Crippen LogP contribution is -2.48. The minimum Gasteiger partial charge on any atom is -0.481 e. The van der Waals surface area contributed by atoms with E-state index in [0.717, 1.165) is 26.1 Å². The van der Waals surface area contributed by atoms with Crippen molar-refractivity contribution in [2.24, 2.45) is 0 Å². The summed E-state index contributed by atoms with van der Waals surface area (Å²) in [7, 11) is 0. The van der Waals surface area contributed by atoms with Crippen LogP contribution in [0.5, 0.6) is 0 Å². The molecule has 0 aliphatic carbocycles. The van der Waals surface area contributed by atoms with Gasteiger partial charge in [-0.25, -0.2) is 0 Å². The third-order valence-electron chi connectivity index (χ3n) is 1.83. The van der Waals surface area contributed by atoms with E-state index in [-0.39, 0.29) is 6.42 Å².